The number of carbonyl (C=O) groups is 2. The lowest BCUT2D eigenvalue weighted by molar-refractivity contribution is -0.137. The molecule has 0 saturated carbocycles. The third-order valence-corrected chi connectivity index (χ3v) is 2.77. The second-order valence-corrected chi connectivity index (χ2v) is 4.23. The first-order valence-electron chi connectivity index (χ1n) is 6.18. The van der Waals surface area contributed by atoms with Gasteiger partial charge in [0, 0.05) is 25.6 Å². The molecule has 0 saturated heterocycles. The molecule has 0 spiro atoms. The molecule has 0 aliphatic carbocycles. The van der Waals surface area contributed by atoms with Crippen LogP contribution in [-0.4, -0.2) is 47.1 Å². The zero-order valence-corrected chi connectivity index (χ0v) is 11.2. The van der Waals surface area contributed by atoms with Crippen LogP contribution in [0.5, 0.6) is 0 Å². The summed E-state index contributed by atoms with van der Waals surface area (Å²) in [6, 6.07) is -0.237. The average molecular weight is 244 g/mol. The van der Waals surface area contributed by atoms with Gasteiger partial charge in [0.25, 0.3) is 0 Å². The van der Waals surface area contributed by atoms with Gasteiger partial charge in [-0.1, -0.05) is 0 Å². The van der Waals surface area contributed by atoms with E-state index in [1.54, 1.807) is 4.90 Å². The van der Waals surface area contributed by atoms with Gasteiger partial charge in [0.05, 0.1) is 6.04 Å². The van der Waals surface area contributed by atoms with E-state index >= 15 is 0 Å². The molecule has 0 radical (unpaired) electrons. The number of carboxylic acid groups (broad SMARTS) is 1. The molecule has 0 aliphatic rings. The summed E-state index contributed by atoms with van der Waals surface area (Å²) in [5, 5.41) is 11.7. The third kappa shape index (κ3) is 6.26. The maximum Gasteiger partial charge on any atom is 0.303 e. The van der Waals surface area contributed by atoms with Crippen molar-refractivity contribution in [3.05, 3.63) is 0 Å². The fourth-order valence-electron chi connectivity index (χ4n) is 1.73. The zero-order chi connectivity index (χ0) is 13.4. The topological polar surface area (TPSA) is 69.6 Å². The van der Waals surface area contributed by atoms with E-state index in [1.165, 1.54) is 0 Å². The van der Waals surface area contributed by atoms with Gasteiger partial charge in [0.1, 0.15) is 0 Å². The molecule has 17 heavy (non-hydrogen) atoms. The quantitative estimate of drug-likeness (QED) is 0.670. The molecule has 5 nitrogen and oxygen atoms in total. The predicted molar refractivity (Wildman–Crippen MR) is 66.9 cm³/mol. The van der Waals surface area contributed by atoms with Crippen molar-refractivity contribution in [3.63, 3.8) is 0 Å². The largest absolute Gasteiger partial charge is 0.481 e. The number of hydrogen-bond donors (Lipinski definition) is 2. The summed E-state index contributed by atoms with van der Waals surface area (Å²) in [7, 11) is 0. The molecule has 2 N–H and O–H groups in total. The van der Waals surface area contributed by atoms with Crippen molar-refractivity contribution in [1.29, 1.82) is 0 Å². The van der Waals surface area contributed by atoms with Crippen LogP contribution in [0.25, 0.3) is 0 Å². The first-order chi connectivity index (χ1) is 7.92. The minimum Gasteiger partial charge on any atom is -0.481 e. The second-order valence-electron chi connectivity index (χ2n) is 4.23. The third-order valence-electron chi connectivity index (χ3n) is 2.77. The molecule has 0 aromatic carbocycles. The monoisotopic (exact) mass is 244 g/mol. The smallest absolute Gasteiger partial charge is 0.303 e. The standard InChI is InChI=1S/C12H24N2O3/c1-5-14(6-2)12(17)10(4)13-9(3)7-8-11(15)16/h9-10,13H,5-8H2,1-4H3,(H,15,16). The van der Waals surface area contributed by atoms with Gasteiger partial charge < -0.3 is 15.3 Å². The summed E-state index contributed by atoms with van der Waals surface area (Å²) < 4.78 is 0. The van der Waals surface area contributed by atoms with E-state index in [0.717, 1.165) is 0 Å². The minimum absolute atomic E-state index is 0.0283. The van der Waals surface area contributed by atoms with Crippen molar-refractivity contribution in [1.82, 2.24) is 10.2 Å². The summed E-state index contributed by atoms with van der Waals surface area (Å²) in [6.07, 6.45) is 0.658. The van der Waals surface area contributed by atoms with Crippen LogP contribution in [0, 0.1) is 0 Å². The molecule has 0 aliphatic heterocycles. The molecule has 2 unspecified atom stereocenters. The predicted octanol–water partition coefficient (Wildman–Crippen LogP) is 1.09. The molecule has 0 aromatic rings. The van der Waals surface area contributed by atoms with Gasteiger partial charge in [0.15, 0.2) is 0 Å². The van der Waals surface area contributed by atoms with E-state index < -0.39 is 5.97 Å². The van der Waals surface area contributed by atoms with Crippen molar-refractivity contribution < 1.29 is 14.7 Å². The van der Waals surface area contributed by atoms with Crippen molar-refractivity contribution in [2.24, 2.45) is 0 Å². The van der Waals surface area contributed by atoms with Gasteiger partial charge >= 0.3 is 5.97 Å². The van der Waals surface area contributed by atoms with E-state index in [1.807, 2.05) is 27.7 Å². The number of carbonyl (C=O) groups excluding carboxylic acids is 1. The molecule has 0 aromatic heterocycles. The number of hydrogen-bond acceptors (Lipinski definition) is 3. The summed E-state index contributed by atoms with van der Waals surface area (Å²) in [4.78, 5) is 24.1. The maximum atomic E-state index is 11.9. The van der Waals surface area contributed by atoms with Gasteiger partial charge in [-0.15, -0.1) is 0 Å². The molecule has 0 fully saturated rings. The number of aliphatic carboxylic acids is 1. The Labute approximate surface area is 103 Å². The highest BCUT2D eigenvalue weighted by atomic mass is 16.4. The molecule has 2 atom stereocenters. The highest BCUT2D eigenvalue weighted by Crippen LogP contribution is 2.01. The SMILES string of the molecule is CCN(CC)C(=O)C(C)NC(C)CCC(=O)O. The van der Waals surface area contributed by atoms with Crippen molar-refractivity contribution in [3.8, 4) is 0 Å². The summed E-state index contributed by atoms with van der Waals surface area (Å²) in [5.74, 6) is -0.737. The van der Waals surface area contributed by atoms with Crippen LogP contribution < -0.4 is 5.32 Å². The number of nitrogens with one attached hydrogen (secondary N) is 1. The van der Waals surface area contributed by atoms with Gasteiger partial charge in [-0.25, -0.2) is 0 Å². The minimum atomic E-state index is -0.804. The highest BCUT2D eigenvalue weighted by molar-refractivity contribution is 5.81. The Kier molecular flexibility index (Phi) is 7.54. The lowest BCUT2D eigenvalue weighted by Crippen LogP contribution is -2.47. The fraction of sp³-hybridized carbons (Fsp3) is 0.833. The molecule has 1 amide bonds. The number of amides is 1. The van der Waals surface area contributed by atoms with E-state index in [0.29, 0.717) is 19.5 Å². The maximum absolute atomic E-state index is 11.9. The van der Waals surface area contributed by atoms with Crippen LogP contribution in [0.2, 0.25) is 0 Å². The van der Waals surface area contributed by atoms with E-state index in [9.17, 15) is 9.59 Å². The molecule has 0 rings (SSSR count). The summed E-state index contributed by atoms with van der Waals surface area (Å²) in [6.45, 7) is 9.01. The Bertz CT molecular complexity index is 252. The Balaban J connectivity index is 4.10. The Morgan fingerprint density at radius 1 is 1.24 bits per heavy atom. The molecular weight excluding hydrogens is 220 g/mol. The first-order valence-corrected chi connectivity index (χ1v) is 6.18. The number of carboxylic acids is 1. The Hall–Kier alpha value is -1.10. The number of nitrogens with zero attached hydrogens (tertiary/aromatic N) is 1. The normalized spacial score (nSPS) is 14.1. The summed E-state index contributed by atoms with van der Waals surface area (Å²) in [5.41, 5.74) is 0. The lowest BCUT2D eigenvalue weighted by Gasteiger charge is -2.25. The van der Waals surface area contributed by atoms with Crippen LogP contribution in [0.4, 0.5) is 0 Å². The fourth-order valence-corrected chi connectivity index (χ4v) is 1.73. The van der Waals surface area contributed by atoms with Crippen LogP contribution in [0.15, 0.2) is 0 Å². The van der Waals surface area contributed by atoms with Crippen LogP contribution in [0.1, 0.15) is 40.5 Å². The van der Waals surface area contributed by atoms with Crippen LogP contribution in [-0.2, 0) is 9.59 Å². The van der Waals surface area contributed by atoms with Crippen LogP contribution >= 0.6 is 0 Å². The zero-order valence-electron chi connectivity index (χ0n) is 11.2. The second kappa shape index (κ2) is 8.06. The van der Waals surface area contributed by atoms with Crippen molar-refractivity contribution in [2.45, 2.75) is 52.6 Å². The molecule has 5 heteroatoms. The molecule has 100 valence electrons. The Morgan fingerprint density at radius 3 is 2.18 bits per heavy atom. The number of rotatable bonds is 8. The Morgan fingerprint density at radius 2 is 1.76 bits per heavy atom. The lowest BCUT2D eigenvalue weighted by atomic mass is 10.1. The van der Waals surface area contributed by atoms with E-state index in [4.69, 9.17) is 5.11 Å². The van der Waals surface area contributed by atoms with Crippen molar-refractivity contribution in [2.75, 3.05) is 13.1 Å². The highest BCUT2D eigenvalue weighted by Gasteiger charge is 2.19. The number of likely N-dealkylation sites (N-methyl/N-ethyl adjacent to an activating group) is 1. The average Bonchev–Trinajstić information content (AvgIpc) is 2.27. The van der Waals surface area contributed by atoms with Crippen molar-refractivity contribution >= 4 is 11.9 Å². The molecule has 0 heterocycles. The first kappa shape index (κ1) is 15.9. The van der Waals surface area contributed by atoms with Crippen LogP contribution in [0.3, 0.4) is 0 Å². The molecule has 0 bridgehead atoms. The summed E-state index contributed by atoms with van der Waals surface area (Å²) >= 11 is 0. The van der Waals surface area contributed by atoms with Gasteiger partial charge in [0.2, 0.25) is 5.91 Å². The van der Waals surface area contributed by atoms with E-state index in [-0.39, 0.29) is 24.4 Å². The van der Waals surface area contributed by atoms with Gasteiger partial charge in [-0.3, -0.25) is 9.59 Å². The molecular formula is C12H24N2O3. The van der Waals surface area contributed by atoms with E-state index in [2.05, 4.69) is 5.32 Å². The van der Waals surface area contributed by atoms with Gasteiger partial charge in [-0.2, -0.15) is 0 Å². The van der Waals surface area contributed by atoms with Gasteiger partial charge in [-0.05, 0) is 34.1 Å².